The number of halogens is 1. The summed E-state index contributed by atoms with van der Waals surface area (Å²) in [5, 5.41) is 5.32. The normalized spacial score (nSPS) is 12.8. The van der Waals surface area contributed by atoms with Gasteiger partial charge in [-0.3, -0.25) is 19.3 Å². The van der Waals surface area contributed by atoms with E-state index < -0.39 is 11.7 Å². The molecule has 0 spiro atoms. The predicted molar refractivity (Wildman–Crippen MR) is 102 cm³/mol. The summed E-state index contributed by atoms with van der Waals surface area (Å²) in [4.78, 5) is 37.9. The number of hydrogen-bond donors (Lipinski definition) is 2. The minimum Gasteiger partial charge on any atom is -0.482 e. The number of fused-ring (bicyclic) bond motifs is 1. The zero-order valence-corrected chi connectivity index (χ0v) is 15.3. The molecule has 3 amide bonds. The summed E-state index contributed by atoms with van der Waals surface area (Å²) in [5.74, 6) is -1.48. The number of ether oxygens (including phenoxy) is 1. The molecule has 0 aromatic heterocycles. The lowest BCUT2D eigenvalue weighted by atomic mass is 10.1. The highest BCUT2D eigenvalue weighted by molar-refractivity contribution is 6.06. The van der Waals surface area contributed by atoms with Crippen LogP contribution in [-0.2, 0) is 9.59 Å². The van der Waals surface area contributed by atoms with Gasteiger partial charge in [-0.1, -0.05) is 19.1 Å². The van der Waals surface area contributed by atoms with E-state index in [0.29, 0.717) is 23.7 Å². The number of rotatable bonds is 6. The number of carbonyl (C=O) groups excluding carboxylic acids is 3. The van der Waals surface area contributed by atoms with E-state index in [4.69, 9.17) is 4.74 Å². The van der Waals surface area contributed by atoms with Gasteiger partial charge < -0.3 is 15.4 Å². The van der Waals surface area contributed by atoms with E-state index in [1.165, 1.54) is 29.2 Å². The van der Waals surface area contributed by atoms with Crippen LogP contribution in [0.25, 0.3) is 0 Å². The van der Waals surface area contributed by atoms with Crippen molar-refractivity contribution < 1.29 is 23.5 Å². The molecule has 0 saturated heterocycles. The number of nitrogens with zero attached hydrogens (tertiary/aromatic N) is 1. The first-order chi connectivity index (χ1) is 13.5. The second kappa shape index (κ2) is 8.51. The first-order valence-corrected chi connectivity index (χ1v) is 8.89. The second-order valence-corrected chi connectivity index (χ2v) is 6.23. The zero-order valence-electron chi connectivity index (χ0n) is 15.3. The van der Waals surface area contributed by atoms with Gasteiger partial charge in [-0.05, 0) is 36.8 Å². The fourth-order valence-electron chi connectivity index (χ4n) is 2.76. The van der Waals surface area contributed by atoms with Crippen LogP contribution in [0.4, 0.5) is 15.8 Å². The monoisotopic (exact) mass is 385 g/mol. The van der Waals surface area contributed by atoms with E-state index in [9.17, 15) is 18.8 Å². The Hall–Kier alpha value is -3.42. The molecule has 0 unspecified atom stereocenters. The quantitative estimate of drug-likeness (QED) is 0.799. The molecule has 0 atom stereocenters. The maximum absolute atomic E-state index is 13.8. The van der Waals surface area contributed by atoms with Gasteiger partial charge in [0.25, 0.3) is 11.8 Å². The fraction of sp³-hybridized carbons (Fsp3) is 0.250. The van der Waals surface area contributed by atoms with Crippen LogP contribution >= 0.6 is 0 Å². The first kappa shape index (κ1) is 19.3. The molecule has 0 fully saturated rings. The second-order valence-electron chi connectivity index (χ2n) is 6.23. The smallest absolute Gasteiger partial charge is 0.265 e. The van der Waals surface area contributed by atoms with Crippen LogP contribution in [-0.4, -0.2) is 37.4 Å². The third-order valence-corrected chi connectivity index (χ3v) is 4.15. The number of anilines is 2. The van der Waals surface area contributed by atoms with E-state index >= 15 is 0 Å². The maximum atomic E-state index is 13.8. The molecule has 1 aliphatic rings. The van der Waals surface area contributed by atoms with Crippen molar-refractivity contribution in [2.75, 3.05) is 29.9 Å². The van der Waals surface area contributed by atoms with Crippen LogP contribution in [0.15, 0.2) is 42.5 Å². The Bertz CT molecular complexity index is 916. The van der Waals surface area contributed by atoms with Gasteiger partial charge in [0.05, 0.1) is 11.3 Å². The molecule has 2 aromatic rings. The number of benzene rings is 2. The van der Waals surface area contributed by atoms with Crippen molar-refractivity contribution in [3.63, 3.8) is 0 Å². The SMILES string of the molecule is CCCNC(=O)CN1C(=O)COc2ccc(NC(=O)c3ccccc3F)cc21. The molecule has 146 valence electrons. The Balaban J connectivity index is 1.81. The van der Waals surface area contributed by atoms with Crippen LogP contribution < -0.4 is 20.3 Å². The van der Waals surface area contributed by atoms with Crippen LogP contribution in [0.1, 0.15) is 23.7 Å². The van der Waals surface area contributed by atoms with Gasteiger partial charge in [0.2, 0.25) is 5.91 Å². The van der Waals surface area contributed by atoms with Gasteiger partial charge in [-0.2, -0.15) is 0 Å². The lowest BCUT2D eigenvalue weighted by molar-refractivity contribution is -0.125. The van der Waals surface area contributed by atoms with E-state index in [2.05, 4.69) is 10.6 Å². The van der Waals surface area contributed by atoms with Gasteiger partial charge >= 0.3 is 0 Å². The van der Waals surface area contributed by atoms with Crippen molar-refractivity contribution >= 4 is 29.1 Å². The highest BCUT2D eigenvalue weighted by atomic mass is 19.1. The molecule has 28 heavy (non-hydrogen) atoms. The summed E-state index contributed by atoms with van der Waals surface area (Å²) < 4.78 is 19.2. The number of carbonyl (C=O) groups is 3. The van der Waals surface area contributed by atoms with Crippen molar-refractivity contribution in [2.24, 2.45) is 0 Å². The Kier molecular flexibility index (Phi) is 5.88. The third-order valence-electron chi connectivity index (χ3n) is 4.15. The Labute approximate surface area is 161 Å². The van der Waals surface area contributed by atoms with Gasteiger partial charge in [0, 0.05) is 12.2 Å². The van der Waals surface area contributed by atoms with E-state index in [0.717, 1.165) is 6.42 Å². The number of amides is 3. The largest absolute Gasteiger partial charge is 0.482 e. The molecule has 0 aliphatic carbocycles. The highest BCUT2D eigenvalue weighted by Gasteiger charge is 2.28. The molecule has 3 rings (SSSR count). The first-order valence-electron chi connectivity index (χ1n) is 8.89. The molecule has 1 aliphatic heterocycles. The van der Waals surface area contributed by atoms with Crippen LogP contribution in [0.5, 0.6) is 5.75 Å². The summed E-state index contributed by atoms with van der Waals surface area (Å²) in [6.45, 7) is 2.12. The lowest BCUT2D eigenvalue weighted by Crippen LogP contribution is -2.45. The minimum absolute atomic E-state index is 0.0941. The van der Waals surface area contributed by atoms with Gasteiger partial charge in [0.1, 0.15) is 18.1 Å². The third kappa shape index (κ3) is 4.28. The van der Waals surface area contributed by atoms with Crippen molar-refractivity contribution in [3.05, 3.63) is 53.8 Å². The number of hydrogen-bond acceptors (Lipinski definition) is 4. The fourth-order valence-corrected chi connectivity index (χ4v) is 2.76. The summed E-state index contributed by atoms with van der Waals surface area (Å²) >= 11 is 0. The van der Waals surface area contributed by atoms with Gasteiger partial charge in [-0.15, -0.1) is 0 Å². The summed E-state index contributed by atoms with van der Waals surface area (Å²) in [6, 6.07) is 10.3. The Morgan fingerprint density at radius 3 is 2.75 bits per heavy atom. The highest BCUT2D eigenvalue weighted by Crippen LogP contribution is 2.34. The zero-order chi connectivity index (χ0) is 20.1. The van der Waals surface area contributed by atoms with Crippen molar-refractivity contribution in [1.82, 2.24) is 5.32 Å². The van der Waals surface area contributed by atoms with E-state index in [1.54, 1.807) is 18.2 Å². The van der Waals surface area contributed by atoms with E-state index in [-0.39, 0.29) is 30.5 Å². The Morgan fingerprint density at radius 1 is 1.21 bits per heavy atom. The molecule has 0 saturated carbocycles. The average Bonchev–Trinajstić information content (AvgIpc) is 2.69. The summed E-state index contributed by atoms with van der Waals surface area (Å²) in [7, 11) is 0. The molecule has 7 nitrogen and oxygen atoms in total. The molecule has 1 heterocycles. The Morgan fingerprint density at radius 2 is 2.00 bits per heavy atom. The standard InChI is InChI=1S/C20H20FN3O4/c1-2-9-22-18(25)11-24-16-10-13(7-8-17(16)28-12-19(24)26)23-20(27)14-5-3-4-6-15(14)21/h3-8,10H,2,9,11-12H2,1H3,(H,22,25)(H,23,27). The van der Waals surface area contributed by atoms with Gasteiger partial charge in [-0.25, -0.2) is 4.39 Å². The van der Waals surface area contributed by atoms with Crippen molar-refractivity contribution in [1.29, 1.82) is 0 Å². The van der Waals surface area contributed by atoms with Crippen LogP contribution in [0.2, 0.25) is 0 Å². The molecule has 8 heteroatoms. The predicted octanol–water partition coefficient (Wildman–Crippen LogP) is 2.33. The van der Waals surface area contributed by atoms with Crippen LogP contribution in [0.3, 0.4) is 0 Å². The lowest BCUT2D eigenvalue weighted by Gasteiger charge is -2.29. The topological polar surface area (TPSA) is 87.7 Å². The molecule has 2 aromatic carbocycles. The average molecular weight is 385 g/mol. The van der Waals surface area contributed by atoms with Crippen molar-refractivity contribution in [2.45, 2.75) is 13.3 Å². The summed E-state index contributed by atoms with van der Waals surface area (Å²) in [5.41, 5.74) is 0.627. The molecular weight excluding hydrogens is 365 g/mol. The molecular formula is C20H20FN3O4. The maximum Gasteiger partial charge on any atom is 0.265 e. The molecule has 0 bridgehead atoms. The van der Waals surface area contributed by atoms with Crippen LogP contribution in [0, 0.1) is 5.82 Å². The molecule has 0 radical (unpaired) electrons. The van der Waals surface area contributed by atoms with Gasteiger partial charge in [0.15, 0.2) is 6.61 Å². The van der Waals surface area contributed by atoms with Crippen molar-refractivity contribution in [3.8, 4) is 5.75 Å². The molecule has 2 N–H and O–H groups in total. The van der Waals surface area contributed by atoms with E-state index in [1.807, 2.05) is 6.92 Å². The minimum atomic E-state index is -0.634. The summed E-state index contributed by atoms with van der Waals surface area (Å²) in [6.07, 6.45) is 0.783. The number of nitrogens with one attached hydrogen (secondary N) is 2.